The summed E-state index contributed by atoms with van der Waals surface area (Å²) in [6.45, 7) is 8.02. The average molecular weight is 345 g/mol. The maximum Gasteiger partial charge on any atom is 0.265 e. The maximum absolute atomic E-state index is 12.5. The minimum Gasteiger partial charge on any atom is -0.335 e. The first-order chi connectivity index (χ1) is 11.0. The molecule has 0 saturated carbocycles. The normalized spacial score (nSPS) is 16.4. The number of hydrogen-bond donors (Lipinski definition) is 1. The molecule has 1 saturated heterocycles. The van der Waals surface area contributed by atoms with Gasteiger partial charge in [-0.05, 0) is 24.4 Å². The van der Waals surface area contributed by atoms with E-state index in [1.54, 1.807) is 28.9 Å². The highest BCUT2D eigenvalue weighted by Gasteiger charge is 2.32. The molecular formula is C16H15N3O2S2. The number of carbonyl (C=O) groups excluding carboxylic acids is 2. The molecule has 1 aliphatic heterocycles. The van der Waals surface area contributed by atoms with E-state index in [9.17, 15) is 9.59 Å². The Morgan fingerprint density at radius 2 is 1.87 bits per heavy atom. The van der Waals surface area contributed by atoms with E-state index in [0.29, 0.717) is 16.7 Å². The number of rotatable bonds is 5. The summed E-state index contributed by atoms with van der Waals surface area (Å²) in [5.41, 5.74) is 0.595. The van der Waals surface area contributed by atoms with E-state index in [2.05, 4.69) is 18.5 Å². The molecule has 0 bridgehead atoms. The topological polar surface area (TPSA) is 54.3 Å². The first kappa shape index (κ1) is 17.0. The van der Waals surface area contributed by atoms with Crippen LogP contribution in [0.4, 0.5) is 0 Å². The van der Waals surface area contributed by atoms with Crippen molar-refractivity contribution >= 4 is 47.4 Å². The fourth-order valence-corrected chi connectivity index (χ4v) is 2.61. The molecule has 2 heterocycles. The number of thiocarbonyl (C=S) groups is 1. The fourth-order valence-electron chi connectivity index (χ4n) is 2.09. The van der Waals surface area contributed by atoms with Crippen LogP contribution in [0.1, 0.15) is 5.56 Å². The Balaban J connectivity index is 2.47. The fraction of sp³-hybridized carbons (Fsp3) is 0.125. The van der Waals surface area contributed by atoms with Crippen LogP contribution in [0, 0.1) is 4.64 Å². The molecule has 1 aromatic rings. The molecule has 7 heteroatoms. The van der Waals surface area contributed by atoms with Crippen molar-refractivity contribution in [1.29, 1.82) is 0 Å². The lowest BCUT2D eigenvalue weighted by Crippen LogP contribution is -2.53. The van der Waals surface area contributed by atoms with Gasteiger partial charge in [-0.2, -0.15) is 0 Å². The summed E-state index contributed by atoms with van der Waals surface area (Å²) in [7, 11) is 0. The second-order valence-electron chi connectivity index (χ2n) is 4.73. The Bertz CT molecular complexity index is 793. The minimum absolute atomic E-state index is 0.0112. The van der Waals surface area contributed by atoms with E-state index in [4.69, 9.17) is 24.4 Å². The van der Waals surface area contributed by atoms with Gasteiger partial charge in [-0.3, -0.25) is 19.8 Å². The maximum atomic E-state index is 12.5. The van der Waals surface area contributed by atoms with Crippen LogP contribution < -0.4 is 5.32 Å². The van der Waals surface area contributed by atoms with Gasteiger partial charge in [0.15, 0.2) is 5.11 Å². The number of amides is 2. The third-order valence-corrected chi connectivity index (χ3v) is 3.97. The highest BCUT2D eigenvalue weighted by Crippen LogP contribution is 2.15. The standard InChI is InChI=1S/C16H15N3O2S2/c1-3-7-18-9-5-6-11(15(18)22)10-12-13(20)17-16(23)19(8-4-2)14(12)21/h3-6,9-10H,1-2,7-8H2,(H,17,20,23). The summed E-state index contributed by atoms with van der Waals surface area (Å²) in [5.74, 6) is -0.999. The van der Waals surface area contributed by atoms with Crippen LogP contribution in [0.25, 0.3) is 6.08 Å². The first-order valence-corrected chi connectivity index (χ1v) is 7.61. The van der Waals surface area contributed by atoms with Crippen LogP contribution >= 0.6 is 24.4 Å². The Morgan fingerprint density at radius 1 is 1.17 bits per heavy atom. The van der Waals surface area contributed by atoms with Crippen LogP contribution in [-0.4, -0.2) is 32.9 Å². The van der Waals surface area contributed by atoms with Gasteiger partial charge in [0.25, 0.3) is 11.8 Å². The SMILES string of the molecule is C=CCN1C(=O)C(=Cc2cccn(CC=C)c2=S)C(=O)NC1=S. The molecule has 2 rings (SSSR count). The van der Waals surface area contributed by atoms with Crippen molar-refractivity contribution in [2.24, 2.45) is 0 Å². The molecule has 1 N–H and O–H groups in total. The van der Waals surface area contributed by atoms with E-state index in [1.165, 1.54) is 11.0 Å². The Morgan fingerprint density at radius 3 is 2.52 bits per heavy atom. The Kier molecular flexibility index (Phi) is 5.36. The smallest absolute Gasteiger partial charge is 0.265 e. The van der Waals surface area contributed by atoms with Crippen molar-refractivity contribution in [3.8, 4) is 0 Å². The van der Waals surface area contributed by atoms with Gasteiger partial charge in [0, 0.05) is 24.8 Å². The first-order valence-electron chi connectivity index (χ1n) is 6.79. The predicted octanol–water partition coefficient (Wildman–Crippen LogP) is 2.22. The van der Waals surface area contributed by atoms with Crippen LogP contribution in [0.5, 0.6) is 0 Å². The number of aromatic nitrogens is 1. The molecule has 0 aromatic carbocycles. The van der Waals surface area contributed by atoms with Gasteiger partial charge in [-0.15, -0.1) is 13.2 Å². The molecule has 1 aliphatic rings. The van der Waals surface area contributed by atoms with Crippen LogP contribution in [0.3, 0.4) is 0 Å². The molecular weight excluding hydrogens is 330 g/mol. The van der Waals surface area contributed by atoms with E-state index >= 15 is 0 Å². The van der Waals surface area contributed by atoms with Gasteiger partial charge in [0.2, 0.25) is 0 Å². The molecule has 0 atom stereocenters. The third-order valence-electron chi connectivity index (χ3n) is 3.17. The second kappa shape index (κ2) is 7.26. The Hall–Kier alpha value is -2.38. The summed E-state index contributed by atoms with van der Waals surface area (Å²) < 4.78 is 2.32. The number of hydrogen-bond acceptors (Lipinski definition) is 4. The van der Waals surface area contributed by atoms with Crippen molar-refractivity contribution in [2.45, 2.75) is 6.54 Å². The highest BCUT2D eigenvalue weighted by atomic mass is 32.1. The van der Waals surface area contributed by atoms with E-state index in [0.717, 1.165) is 0 Å². The van der Waals surface area contributed by atoms with Crippen molar-refractivity contribution in [2.75, 3.05) is 6.54 Å². The van der Waals surface area contributed by atoms with Gasteiger partial charge in [0.1, 0.15) is 10.2 Å². The zero-order chi connectivity index (χ0) is 17.0. The molecule has 5 nitrogen and oxygen atoms in total. The summed E-state index contributed by atoms with van der Waals surface area (Å²) in [5, 5.41) is 2.57. The summed E-state index contributed by atoms with van der Waals surface area (Å²) in [4.78, 5) is 25.8. The number of pyridine rings is 1. The molecule has 118 valence electrons. The lowest BCUT2D eigenvalue weighted by molar-refractivity contribution is -0.128. The van der Waals surface area contributed by atoms with Crippen LogP contribution in [0.2, 0.25) is 0 Å². The Labute approximate surface area is 144 Å². The summed E-state index contributed by atoms with van der Waals surface area (Å²) in [6, 6.07) is 3.54. The molecule has 1 aromatic heterocycles. The predicted molar refractivity (Wildman–Crippen MR) is 96.1 cm³/mol. The highest BCUT2D eigenvalue weighted by molar-refractivity contribution is 7.80. The molecule has 0 unspecified atom stereocenters. The monoisotopic (exact) mass is 345 g/mol. The van der Waals surface area contributed by atoms with Crippen molar-refractivity contribution < 1.29 is 9.59 Å². The van der Waals surface area contributed by atoms with Gasteiger partial charge in [-0.25, -0.2) is 0 Å². The van der Waals surface area contributed by atoms with Gasteiger partial charge < -0.3 is 4.57 Å². The zero-order valence-electron chi connectivity index (χ0n) is 12.3. The number of allylic oxidation sites excluding steroid dienone is 1. The van der Waals surface area contributed by atoms with Gasteiger partial charge in [0.05, 0.1) is 0 Å². The number of carbonyl (C=O) groups is 2. The lowest BCUT2D eigenvalue weighted by atomic mass is 10.1. The molecule has 23 heavy (non-hydrogen) atoms. The second-order valence-corrected chi connectivity index (χ2v) is 5.50. The minimum atomic E-state index is -0.533. The van der Waals surface area contributed by atoms with Crippen molar-refractivity contribution in [1.82, 2.24) is 14.8 Å². The van der Waals surface area contributed by atoms with Gasteiger partial charge in [-0.1, -0.05) is 30.4 Å². The largest absolute Gasteiger partial charge is 0.335 e. The van der Waals surface area contributed by atoms with Crippen LogP contribution in [-0.2, 0) is 16.1 Å². The van der Waals surface area contributed by atoms with Crippen molar-refractivity contribution in [3.05, 3.63) is 59.4 Å². The lowest BCUT2D eigenvalue weighted by Gasteiger charge is -2.27. The molecule has 2 amide bonds. The number of nitrogens with zero attached hydrogens (tertiary/aromatic N) is 2. The van der Waals surface area contributed by atoms with E-state index in [-0.39, 0.29) is 17.2 Å². The summed E-state index contributed by atoms with van der Waals surface area (Å²) >= 11 is 10.4. The molecule has 0 radical (unpaired) electrons. The third kappa shape index (κ3) is 3.52. The average Bonchev–Trinajstić information content (AvgIpc) is 2.51. The molecule has 1 fully saturated rings. The summed E-state index contributed by atoms with van der Waals surface area (Å²) in [6.07, 6.45) is 6.55. The van der Waals surface area contributed by atoms with Crippen LogP contribution in [0.15, 0.2) is 49.2 Å². The van der Waals surface area contributed by atoms with E-state index < -0.39 is 11.8 Å². The van der Waals surface area contributed by atoms with Gasteiger partial charge >= 0.3 is 0 Å². The number of nitrogens with one attached hydrogen (secondary N) is 1. The quantitative estimate of drug-likeness (QED) is 0.385. The molecule has 0 spiro atoms. The zero-order valence-corrected chi connectivity index (χ0v) is 14.0. The van der Waals surface area contributed by atoms with Crippen molar-refractivity contribution in [3.63, 3.8) is 0 Å². The molecule has 0 aliphatic carbocycles. The van der Waals surface area contributed by atoms with E-state index in [1.807, 2.05) is 6.20 Å².